The van der Waals surface area contributed by atoms with Crippen molar-refractivity contribution < 1.29 is 41.8 Å². The molecular formula is C40H56N6O9S. The van der Waals surface area contributed by atoms with E-state index in [1.165, 1.54) is 4.90 Å². The van der Waals surface area contributed by atoms with Gasteiger partial charge in [0.2, 0.25) is 27.7 Å². The maximum atomic E-state index is 14.8. The molecule has 0 spiro atoms. The van der Waals surface area contributed by atoms with Crippen molar-refractivity contribution in [3.8, 4) is 11.6 Å². The number of amides is 4. The van der Waals surface area contributed by atoms with Crippen molar-refractivity contribution in [2.75, 3.05) is 32.6 Å². The highest BCUT2D eigenvalue weighted by Crippen LogP contribution is 2.46. The maximum Gasteiger partial charge on any atom is 0.408 e. The van der Waals surface area contributed by atoms with Gasteiger partial charge in [0.1, 0.15) is 40.9 Å². The molecule has 2 aliphatic heterocycles. The van der Waals surface area contributed by atoms with Gasteiger partial charge < -0.3 is 34.6 Å². The third-order valence-corrected chi connectivity index (χ3v) is 12.8. The third-order valence-electron chi connectivity index (χ3n) is 11.0. The van der Waals surface area contributed by atoms with Gasteiger partial charge in [0.25, 0.3) is 5.91 Å². The largest absolute Gasteiger partial charge is 0.497 e. The van der Waals surface area contributed by atoms with Gasteiger partial charge >= 0.3 is 6.09 Å². The Labute approximate surface area is 329 Å². The van der Waals surface area contributed by atoms with Crippen molar-refractivity contribution >= 4 is 50.4 Å². The van der Waals surface area contributed by atoms with Crippen LogP contribution in [-0.2, 0) is 29.1 Å². The molecule has 3 fully saturated rings. The number of allylic oxidation sites excluding steroid dienone is 1. The minimum absolute atomic E-state index is 0.0319. The number of benzene rings is 1. The quantitative estimate of drug-likeness (QED) is 0.328. The predicted molar refractivity (Wildman–Crippen MR) is 211 cm³/mol. The molecule has 306 valence electrons. The van der Waals surface area contributed by atoms with Crippen LogP contribution in [-0.4, -0.2) is 104 Å². The fourth-order valence-corrected chi connectivity index (χ4v) is 9.09. The number of sulfonamides is 1. The molecule has 4 aliphatic rings. The number of pyridine rings is 1. The van der Waals surface area contributed by atoms with E-state index < -0.39 is 74.3 Å². The second-order valence-corrected chi connectivity index (χ2v) is 19.1. The number of hydrogen-bond donors (Lipinski definition) is 3. The number of hydrogen-bond acceptors (Lipinski definition) is 11. The summed E-state index contributed by atoms with van der Waals surface area (Å²) in [7, 11) is 1.39. The average molecular weight is 797 g/mol. The Morgan fingerprint density at radius 2 is 1.80 bits per heavy atom. The van der Waals surface area contributed by atoms with Crippen molar-refractivity contribution in [1.29, 1.82) is 0 Å². The summed E-state index contributed by atoms with van der Waals surface area (Å²) in [6.45, 7) is 9.15. The molecule has 1 aromatic heterocycles. The first kappa shape index (κ1) is 41.0. The van der Waals surface area contributed by atoms with Crippen molar-refractivity contribution in [2.45, 2.75) is 114 Å². The molecule has 0 bridgehead atoms. The molecule has 2 saturated carbocycles. The number of aromatic nitrogens is 1. The number of nitrogens with zero attached hydrogens (tertiary/aromatic N) is 3. The lowest BCUT2D eigenvalue weighted by Gasteiger charge is -2.33. The van der Waals surface area contributed by atoms with Gasteiger partial charge in [-0.2, -0.15) is 4.98 Å². The zero-order valence-corrected chi connectivity index (χ0v) is 34.4. The van der Waals surface area contributed by atoms with E-state index in [1.54, 1.807) is 33.9 Å². The summed E-state index contributed by atoms with van der Waals surface area (Å²) >= 11 is 0. The molecule has 0 unspecified atom stereocenters. The zero-order chi connectivity index (χ0) is 40.7. The average Bonchev–Trinajstić information content (AvgIpc) is 4.04. The lowest BCUT2D eigenvalue weighted by molar-refractivity contribution is -0.142. The van der Waals surface area contributed by atoms with Crippen LogP contribution in [0.15, 0.2) is 36.4 Å². The Balaban J connectivity index is 1.37. The number of carbonyl (C=O) groups is 4. The van der Waals surface area contributed by atoms with Crippen molar-refractivity contribution in [2.24, 2.45) is 17.8 Å². The number of anilines is 1. The molecule has 7 atom stereocenters. The van der Waals surface area contributed by atoms with Crippen LogP contribution in [0.1, 0.15) is 79.6 Å². The van der Waals surface area contributed by atoms with E-state index in [1.807, 2.05) is 56.3 Å². The summed E-state index contributed by atoms with van der Waals surface area (Å²) in [5.74, 6) is -0.993. The van der Waals surface area contributed by atoms with E-state index in [4.69, 9.17) is 19.2 Å². The highest BCUT2D eigenvalue weighted by Gasteiger charge is 2.62. The van der Waals surface area contributed by atoms with Crippen molar-refractivity contribution in [1.82, 2.24) is 25.2 Å². The summed E-state index contributed by atoms with van der Waals surface area (Å²) in [4.78, 5) is 64.5. The number of ether oxygens (including phenoxy) is 3. The Hall–Kier alpha value is -4.60. The molecule has 4 amide bonds. The lowest BCUT2D eigenvalue weighted by Crippen LogP contribution is -2.59. The molecule has 3 heterocycles. The van der Waals surface area contributed by atoms with Gasteiger partial charge in [-0.3, -0.25) is 19.1 Å². The highest BCUT2D eigenvalue weighted by molar-refractivity contribution is 7.91. The zero-order valence-electron chi connectivity index (χ0n) is 33.6. The summed E-state index contributed by atoms with van der Waals surface area (Å²) in [5.41, 5.74) is -2.35. The predicted octanol–water partition coefficient (Wildman–Crippen LogP) is 4.05. The standard InChI is InChI=1S/C40H56N6O9S/c1-23-11-9-10-12-26-21-40(26,37(49)44-56(51,52)29-14-15-29)43-34(47)31-20-28(22-46(31)36(48)33(24(2)17-23)42-38(50)55-39(3,4)5)54-35-30-16-13-27(53-8)18-25(30)19-32(41-35)45(6)7/h10,12-13,16,18-19,23-24,26,28-29,31,33H,9,11,14-15,17,20-22H2,1-8H3,(H,42,50)(H,43,47)(H,44,49)/b12-10-/t23-,24-,26-,28-,31+,33+,40-/m1/s1. The van der Waals surface area contributed by atoms with Crippen LogP contribution in [0.2, 0.25) is 0 Å². The summed E-state index contributed by atoms with van der Waals surface area (Å²) in [6.07, 6.45) is 5.56. The monoisotopic (exact) mass is 796 g/mol. The van der Waals surface area contributed by atoms with Crippen molar-refractivity contribution in [3.63, 3.8) is 0 Å². The molecule has 15 nitrogen and oxygen atoms in total. The fourth-order valence-electron chi connectivity index (χ4n) is 7.73. The molecule has 2 aromatic rings. The first-order chi connectivity index (χ1) is 26.3. The number of carbonyl (C=O) groups excluding carboxylic acids is 4. The molecule has 1 saturated heterocycles. The molecule has 56 heavy (non-hydrogen) atoms. The van der Waals surface area contributed by atoms with E-state index >= 15 is 0 Å². The van der Waals surface area contributed by atoms with Gasteiger partial charge in [-0.05, 0) is 101 Å². The van der Waals surface area contributed by atoms with E-state index in [0.29, 0.717) is 48.5 Å². The second-order valence-electron chi connectivity index (χ2n) is 17.1. The maximum absolute atomic E-state index is 14.8. The van der Waals surface area contributed by atoms with E-state index in [2.05, 4.69) is 22.3 Å². The second kappa shape index (κ2) is 15.7. The minimum atomic E-state index is -3.91. The summed E-state index contributed by atoms with van der Waals surface area (Å²) < 4.78 is 45.7. The molecular weight excluding hydrogens is 741 g/mol. The molecule has 1 aromatic carbocycles. The van der Waals surface area contributed by atoms with Crippen molar-refractivity contribution in [3.05, 3.63) is 36.4 Å². The fraction of sp³-hybridized carbons (Fsp3) is 0.625. The smallest absolute Gasteiger partial charge is 0.408 e. The third kappa shape index (κ3) is 9.16. The van der Waals surface area contributed by atoms with Crippen LogP contribution in [0.3, 0.4) is 0 Å². The number of alkyl carbamates (subject to hydrolysis) is 1. The van der Waals surface area contributed by atoms with Gasteiger partial charge in [0, 0.05) is 31.8 Å². The van der Waals surface area contributed by atoms with Gasteiger partial charge in [0.15, 0.2) is 0 Å². The van der Waals surface area contributed by atoms with Gasteiger partial charge in [-0.1, -0.05) is 26.0 Å². The summed E-state index contributed by atoms with van der Waals surface area (Å²) in [6, 6.07) is 5.22. The molecule has 16 heteroatoms. The number of methoxy groups -OCH3 is 1. The number of fused-ring (bicyclic) bond motifs is 3. The van der Waals surface area contributed by atoms with Crippen LogP contribution in [0.25, 0.3) is 10.8 Å². The first-order valence-corrected chi connectivity index (χ1v) is 21.0. The van der Waals surface area contributed by atoms with Crippen LogP contribution in [0.5, 0.6) is 11.6 Å². The van der Waals surface area contributed by atoms with E-state index in [0.717, 1.165) is 11.8 Å². The minimum Gasteiger partial charge on any atom is -0.497 e. The van der Waals surface area contributed by atoms with E-state index in [9.17, 15) is 27.6 Å². The first-order valence-electron chi connectivity index (χ1n) is 19.5. The molecule has 2 aliphatic carbocycles. The normalized spacial score (nSPS) is 29.1. The molecule has 6 rings (SSSR count). The number of rotatable bonds is 8. The Morgan fingerprint density at radius 1 is 1.07 bits per heavy atom. The topological polar surface area (TPSA) is 186 Å². The van der Waals surface area contributed by atoms with E-state index in [-0.39, 0.29) is 31.2 Å². The summed E-state index contributed by atoms with van der Waals surface area (Å²) in [5, 5.41) is 6.60. The van der Waals surface area contributed by atoms with Crippen LogP contribution >= 0.6 is 0 Å². The van der Waals surface area contributed by atoms with Gasteiger partial charge in [0.05, 0.1) is 18.9 Å². The SMILES string of the molecule is COc1ccc2c(O[C@@H]3C[C@H]4C(=O)N[C@]5(C(=O)NS(=O)(=O)C6CC6)C[C@H]5/C=C\CC[C@@H](C)C[C@@H](C)[C@H](NC(=O)OC(C)(C)C)C(=O)N4C3)nc(N(C)C)cc2c1. The van der Waals surface area contributed by atoms with Crippen LogP contribution in [0, 0.1) is 17.8 Å². The van der Waals surface area contributed by atoms with Crippen LogP contribution in [0.4, 0.5) is 10.6 Å². The molecule has 3 N–H and O–H groups in total. The van der Waals surface area contributed by atoms with Gasteiger partial charge in [-0.25, -0.2) is 13.2 Å². The van der Waals surface area contributed by atoms with Gasteiger partial charge in [-0.15, -0.1) is 0 Å². The number of nitrogens with one attached hydrogen (secondary N) is 3. The van der Waals surface area contributed by atoms with Crippen LogP contribution < -0.4 is 29.7 Å². The lowest BCUT2D eigenvalue weighted by atomic mass is 9.88. The Kier molecular flexibility index (Phi) is 11.5. The Morgan fingerprint density at radius 3 is 2.46 bits per heavy atom. The Bertz CT molecular complexity index is 1990. The molecule has 0 radical (unpaired) electrons. The highest BCUT2D eigenvalue weighted by atomic mass is 32.2.